The van der Waals surface area contributed by atoms with E-state index in [4.69, 9.17) is 0 Å². The van der Waals surface area contributed by atoms with Gasteiger partial charge in [0.1, 0.15) is 12.2 Å². The lowest BCUT2D eigenvalue weighted by atomic mass is 9.84. The molecule has 0 bridgehead atoms. The van der Waals surface area contributed by atoms with Gasteiger partial charge < -0.3 is 10.2 Å². The topological polar surface area (TPSA) is 102 Å². The molecular weight excluding hydrogens is 482 g/mol. The third kappa shape index (κ3) is 4.19. The lowest BCUT2D eigenvalue weighted by Crippen LogP contribution is -2.61. The quantitative estimate of drug-likeness (QED) is 0.577. The van der Waals surface area contributed by atoms with Gasteiger partial charge in [0.15, 0.2) is 0 Å². The van der Waals surface area contributed by atoms with E-state index < -0.39 is 23.5 Å². The number of hydrazine groups is 1. The van der Waals surface area contributed by atoms with Gasteiger partial charge in [-0.15, -0.1) is 0 Å². The molecule has 2 heterocycles. The van der Waals surface area contributed by atoms with E-state index in [1.807, 2.05) is 29.2 Å². The number of amides is 5. The third-order valence-corrected chi connectivity index (χ3v) is 8.45. The minimum atomic E-state index is -0.537. The van der Waals surface area contributed by atoms with Crippen LogP contribution < -0.4 is 15.6 Å². The molecule has 1 saturated heterocycles. The number of fused-ring (bicyclic) bond motifs is 1. The molecule has 0 unspecified atom stereocenters. The summed E-state index contributed by atoms with van der Waals surface area (Å²) in [4.78, 5) is 55.6. The molecule has 2 aliphatic carbocycles. The van der Waals surface area contributed by atoms with Crippen LogP contribution in [-0.2, 0) is 4.79 Å². The van der Waals surface area contributed by atoms with Gasteiger partial charge in [-0.2, -0.15) is 5.01 Å². The second-order valence-electron chi connectivity index (χ2n) is 10.8. The van der Waals surface area contributed by atoms with Gasteiger partial charge in [-0.3, -0.25) is 24.7 Å². The van der Waals surface area contributed by atoms with Gasteiger partial charge in [0, 0.05) is 23.0 Å². The number of hydrogen-bond acceptors (Lipinski definition) is 5. The minimum Gasteiger partial charge on any atom is -0.362 e. The fourth-order valence-electron chi connectivity index (χ4n) is 6.49. The summed E-state index contributed by atoms with van der Waals surface area (Å²) in [6.07, 6.45) is 9.87. The lowest BCUT2D eigenvalue weighted by molar-refractivity contribution is -0.127. The predicted molar refractivity (Wildman–Crippen MR) is 142 cm³/mol. The van der Waals surface area contributed by atoms with E-state index in [0.717, 1.165) is 74.9 Å². The van der Waals surface area contributed by atoms with Crippen molar-refractivity contribution in [3.05, 3.63) is 59.7 Å². The van der Waals surface area contributed by atoms with Crippen LogP contribution in [0.3, 0.4) is 0 Å². The maximum atomic E-state index is 13.7. The average Bonchev–Trinajstić information content (AvgIpc) is 3.23. The summed E-state index contributed by atoms with van der Waals surface area (Å²) in [6.45, 7) is -0.00362. The third-order valence-electron chi connectivity index (χ3n) is 8.45. The van der Waals surface area contributed by atoms with Crippen molar-refractivity contribution in [3.63, 3.8) is 0 Å². The highest BCUT2D eigenvalue weighted by Gasteiger charge is 2.46. The van der Waals surface area contributed by atoms with Crippen molar-refractivity contribution in [3.8, 4) is 0 Å². The van der Waals surface area contributed by atoms with Crippen molar-refractivity contribution in [1.29, 1.82) is 0 Å². The zero-order valence-corrected chi connectivity index (χ0v) is 21.4. The SMILES string of the molecule is O=C(NN1C(=O)CN(C2CCCCC2)C1=O)c1ccc(N2C(=O)c3ccccc3NC23CCCCC3)cc1. The minimum absolute atomic E-state index is 0.00362. The van der Waals surface area contributed by atoms with E-state index in [1.54, 1.807) is 29.2 Å². The molecule has 5 amide bonds. The molecule has 2 saturated carbocycles. The smallest absolute Gasteiger partial charge is 0.346 e. The molecule has 9 nitrogen and oxygen atoms in total. The van der Waals surface area contributed by atoms with Crippen molar-refractivity contribution in [2.45, 2.75) is 75.9 Å². The standard InChI is InChI=1S/C29H33N5O4/c35-25-19-32(21-9-3-1-4-10-21)28(38)34(25)31-26(36)20-13-15-22(16-14-20)33-27(37)23-11-5-6-12-24(23)30-29(33)17-7-2-8-18-29/h5-6,11-16,21,30H,1-4,7-10,17-19H2,(H,31,36). The van der Waals surface area contributed by atoms with Crippen LogP contribution in [0.4, 0.5) is 16.2 Å². The second kappa shape index (κ2) is 9.78. The highest BCUT2D eigenvalue weighted by Crippen LogP contribution is 2.42. The average molecular weight is 516 g/mol. The first-order valence-corrected chi connectivity index (χ1v) is 13.7. The van der Waals surface area contributed by atoms with Crippen molar-refractivity contribution in [2.24, 2.45) is 0 Å². The van der Waals surface area contributed by atoms with Gasteiger partial charge in [-0.25, -0.2) is 4.79 Å². The molecule has 198 valence electrons. The van der Waals surface area contributed by atoms with Crippen molar-refractivity contribution < 1.29 is 19.2 Å². The number of nitrogens with zero attached hydrogens (tertiary/aromatic N) is 3. The Morgan fingerprint density at radius 2 is 1.55 bits per heavy atom. The summed E-state index contributed by atoms with van der Waals surface area (Å²) in [7, 11) is 0. The van der Waals surface area contributed by atoms with Gasteiger partial charge >= 0.3 is 6.03 Å². The largest absolute Gasteiger partial charge is 0.362 e. The Hall–Kier alpha value is -3.88. The number of urea groups is 1. The fourth-order valence-corrected chi connectivity index (χ4v) is 6.49. The molecule has 38 heavy (non-hydrogen) atoms. The van der Waals surface area contributed by atoms with Crippen LogP contribution in [0.15, 0.2) is 48.5 Å². The van der Waals surface area contributed by atoms with E-state index in [-0.39, 0.29) is 18.5 Å². The summed E-state index contributed by atoms with van der Waals surface area (Å²) in [5.74, 6) is -1.02. The fraction of sp³-hybridized carbons (Fsp3) is 0.448. The first kappa shape index (κ1) is 24.5. The summed E-state index contributed by atoms with van der Waals surface area (Å²) in [5, 5.41) is 4.50. The van der Waals surface area contributed by atoms with Gasteiger partial charge in [0.05, 0.1) is 5.56 Å². The highest BCUT2D eigenvalue weighted by atomic mass is 16.2. The number of carbonyl (C=O) groups excluding carboxylic acids is 4. The molecule has 2 aliphatic heterocycles. The summed E-state index contributed by atoms with van der Waals surface area (Å²) < 4.78 is 0. The van der Waals surface area contributed by atoms with Gasteiger partial charge in [0.2, 0.25) is 0 Å². The molecule has 2 N–H and O–H groups in total. The number of para-hydroxylation sites is 1. The van der Waals surface area contributed by atoms with Crippen molar-refractivity contribution in [1.82, 2.24) is 15.3 Å². The zero-order valence-electron chi connectivity index (χ0n) is 21.4. The maximum absolute atomic E-state index is 13.7. The van der Waals surface area contributed by atoms with Crippen LogP contribution in [0.25, 0.3) is 0 Å². The van der Waals surface area contributed by atoms with E-state index in [0.29, 0.717) is 16.8 Å². The molecule has 0 atom stereocenters. The Morgan fingerprint density at radius 1 is 0.868 bits per heavy atom. The highest BCUT2D eigenvalue weighted by molar-refractivity contribution is 6.13. The molecule has 6 rings (SSSR count). The summed E-state index contributed by atoms with van der Waals surface area (Å²) in [5.41, 5.74) is 4.48. The lowest BCUT2D eigenvalue weighted by Gasteiger charge is -2.50. The Kier molecular flexibility index (Phi) is 6.29. The molecule has 0 radical (unpaired) electrons. The van der Waals surface area contributed by atoms with E-state index in [1.165, 1.54) is 0 Å². The summed E-state index contributed by atoms with van der Waals surface area (Å²) in [6, 6.07) is 14.0. The predicted octanol–water partition coefficient (Wildman–Crippen LogP) is 4.66. The van der Waals surface area contributed by atoms with Crippen LogP contribution in [0.2, 0.25) is 0 Å². The van der Waals surface area contributed by atoms with Crippen LogP contribution in [0.5, 0.6) is 0 Å². The first-order valence-electron chi connectivity index (χ1n) is 13.7. The number of imide groups is 1. The van der Waals surface area contributed by atoms with E-state index >= 15 is 0 Å². The zero-order chi connectivity index (χ0) is 26.3. The first-order chi connectivity index (χ1) is 18.5. The van der Waals surface area contributed by atoms with Crippen LogP contribution in [0.1, 0.15) is 84.9 Å². The Balaban J connectivity index is 1.20. The number of carbonyl (C=O) groups is 4. The number of nitrogens with one attached hydrogen (secondary N) is 2. The molecule has 3 fully saturated rings. The molecule has 9 heteroatoms. The monoisotopic (exact) mass is 515 g/mol. The van der Waals surface area contributed by atoms with Crippen LogP contribution in [-0.4, -0.2) is 51.9 Å². The number of rotatable bonds is 4. The summed E-state index contributed by atoms with van der Waals surface area (Å²) >= 11 is 0. The number of anilines is 2. The molecule has 0 aromatic heterocycles. The Labute approximate surface area is 222 Å². The van der Waals surface area contributed by atoms with Gasteiger partial charge in [0.25, 0.3) is 17.7 Å². The van der Waals surface area contributed by atoms with Crippen LogP contribution >= 0.6 is 0 Å². The van der Waals surface area contributed by atoms with Crippen molar-refractivity contribution in [2.75, 3.05) is 16.8 Å². The number of benzene rings is 2. The molecule has 1 spiro atoms. The molecule has 4 aliphatic rings. The van der Waals surface area contributed by atoms with Gasteiger partial charge in [-0.05, 0) is 74.9 Å². The Morgan fingerprint density at radius 3 is 2.29 bits per heavy atom. The van der Waals surface area contributed by atoms with E-state index in [9.17, 15) is 19.2 Å². The number of hydrogen-bond donors (Lipinski definition) is 2. The molecular formula is C29H33N5O4. The molecule has 2 aromatic carbocycles. The van der Waals surface area contributed by atoms with E-state index in [2.05, 4.69) is 10.7 Å². The van der Waals surface area contributed by atoms with Gasteiger partial charge in [-0.1, -0.05) is 37.8 Å². The van der Waals surface area contributed by atoms with Crippen molar-refractivity contribution >= 4 is 35.1 Å². The van der Waals surface area contributed by atoms with Crippen LogP contribution in [0, 0.1) is 0 Å². The Bertz CT molecular complexity index is 1260. The second-order valence-corrected chi connectivity index (χ2v) is 10.8. The normalized spacial score (nSPS) is 21.5. The molecule has 2 aromatic rings. The maximum Gasteiger partial charge on any atom is 0.346 e.